The molecule has 0 spiro atoms. The molecule has 9 unspecified atom stereocenters. The molecule has 0 radical (unpaired) electrons. The van der Waals surface area contributed by atoms with E-state index in [0.29, 0.717) is 6.42 Å². The summed E-state index contributed by atoms with van der Waals surface area (Å²) < 4.78 is 29.0. The van der Waals surface area contributed by atoms with Crippen LogP contribution >= 0.6 is 11.8 Å². The van der Waals surface area contributed by atoms with Crippen LogP contribution in [0.4, 0.5) is 5.82 Å². The van der Waals surface area contributed by atoms with E-state index in [1.165, 1.54) is 82.2 Å². The molecule has 1 aromatic heterocycles. The van der Waals surface area contributed by atoms with E-state index in [4.69, 9.17) is 29.4 Å². The maximum atomic E-state index is 13.1. The zero-order valence-corrected chi connectivity index (χ0v) is 39.2. The fraction of sp³-hybridized carbons (Fsp3) is 0.886. The van der Waals surface area contributed by atoms with Gasteiger partial charge in [0.15, 0.2) is 18.3 Å². The van der Waals surface area contributed by atoms with Gasteiger partial charge in [-0.3, -0.25) is 14.4 Å². The van der Waals surface area contributed by atoms with Crippen LogP contribution in [-0.2, 0) is 38.1 Å². The minimum atomic E-state index is -1.82. The third kappa shape index (κ3) is 20.3. The first-order valence-corrected chi connectivity index (χ1v) is 25.0. The fourth-order valence-electron chi connectivity index (χ4n) is 7.65. The number of carbonyl (C=O) groups excluding carboxylic acids is 3. The standard InChI is InChI=1S/C44H79N5O15S/c1-3-5-7-9-11-13-15-17-19-21-34(52)60-26-29(61-35(53)22-20-18-16-14-12-10-8-6-4-2)27-65-28-30(45)42(59)46-33-23-49(48-47-33)43-39(57)38(56)41(32(25-51)62-43)64-44-40(58)37(55)36(54)31(24-50)63-44/h23,29-32,36-41,43-44,50-51,54-58H,3-22,24-28,45H2,1-2H3,(H,46,59)/t29-,30-,31?,32?,36?,37?,38?,39?,40?,41?,43-,44?/m1/s1. The second kappa shape index (κ2) is 32.3. The summed E-state index contributed by atoms with van der Waals surface area (Å²) in [5.74, 6) is -1.12. The van der Waals surface area contributed by atoms with Crippen LogP contribution in [0.1, 0.15) is 148 Å². The summed E-state index contributed by atoms with van der Waals surface area (Å²) >= 11 is 1.25. The number of rotatable bonds is 34. The topological polar surface area (TPSA) is 308 Å². The molecular weight excluding hydrogens is 871 g/mol. The van der Waals surface area contributed by atoms with Crippen molar-refractivity contribution >= 4 is 35.4 Å². The molecule has 2 saturated heterocycles. The summed E-state index contributed by atoms with van der Waals surface area (Å²) in [7, 11) is 0. The predicted molar refractivity (Wildman–Crippen MR) is 240 cm³/mol. The molecule has 0 bridgehead atoms. The number of nitrogens with two attached hydrogens (primary N) is 1. The number of hydrogen-bond acceptors (Lipinski definition) is 19. The molecule has 1 amide bonds. The minimum absolute atomic E-state index is 0.0804. The van der Waals surface area contributed by atoms with E-state index in [2.05, 4.69) is 29.5 Å². The van der Waals surface area contributed by atoms with Crippen LogP contribution in [0.25, 0.3) is 0 Å². The van der Waals surface area contributed by atoms with Crippen molar-refractivity contribution in [2.75, 3.05) is 36.6 Å². The largest absolute Gasteiger partial charge is 0.462 e. The van der Waals surface area contributed by atoms with Crippen molar-refractivity contribution in [1.82, 2.24) is 15.0 Å². The van der Waals surface area contributed by atoms with Crippen molar-refractivity contribution in [2.45, 2.75) is 216 Å². The van der Waals surface area contributed by atoms with E-state index in [9.17, 15) is 50.1 Å². The molecule has 20 nitrogen and oxygen atoms in total. The lowest BCUT2D eigenvalue weighted by molar-refractivity contribution is -0.347. The van der Waals surface area contributed by atoms with Gasteiger partial charge in [-0.1, -0.05) is 122 Å². The molecule has 0 aromatic carbocycles. The van der Waals surface area contributed by atoms with Gasteiger partial charge in [-0.2, -0.15) is 11.8 Å². The predicted octanol–water partition coefficient (Wildman–Crippen LogP) is 2.37. The lowest BCUT2D eigenvalue weighted by Gasteiger charge is -2.45. The number of amides is 1. The van der Waals surface area contributed by atoms with E-state index in [0.717, 1.165) is 49.6 Å². The Morgan fingerprint density at radius 3 is 1.85 bits per heavy atom. The Bertz CT molecular complexity index is 1460. The number of nitrogens with zero attached hydrogens (tertiary/aromatic N) is 3. The third-order valence-electron chi connectivity index (χ3n) is 11.6. The van der Waals surface area contributed by atoms with Gasteiger partial charge in [0.2, 0.25) is 5.91 Å². The average molecular weight is 950 g/mol. The van der Waals surface area contributed by atoms with Crippen molar-refractivity contribution in [1.29, 1.82) is 0 Å². The Morgan fingerprint density at radius 2 is 1.28 bits per heavy atom. The summed E-state index contributed by atoms with van der Waals surface area (Å²) in [4.78, 5) is 38.5. The normalized spacial score (nSPS) is 26.7. The highest BCUT2D eigenvalue weighted by molar-refractivity contribution is 7.99. The van der Waals surface area contributed by atoms with E-state index in [-0.39, 0.29) is 48.7 Å². The number of carbonyl (C=O) groups is 3. The van der Waals surface area contributed by atoms with Gasteiger partial charge in [-0.25, -0.2) is 4.68 Å². The average Bonchev–Trinajstić information content (AvgIpc) is 3.76. The highest BCUT2D eigenvalue weighted by atomic mass is 32.2. The summed E-state index contributed by atoms with van der Waals surface area (Å²) in [6.45, 7) is 2.80. The lowest BCUT2D eigenvalue weighted by atomic mass is 9.96. The third-order valence-corrected chi connectivity index (χ3v) is 12.8. The number of aromatic nitrogens is 3. The van der Waals surface area contributed by atoms with Crippen LogP contribution in [-0.4, -0.2) is 167 Å². The van der Waals surface area contributed by atoms with Crippen molar-refractivity contribution in [3.63, 3.8) is 0 Å². The zero-order valence-electron chi connectivity index (χ0n) is 38.4. The van der Waals surface area contributed by atoms with Gasteiger partial charge in [0, 0.05) is 24.3 Å². The Balaban J connectivity index is 1.48. The number of nitrogens with one attached hydrogen (secondary N) is 1. The maximum absolute atomic E-state index is 13.1. The summed E-state index contributed by atoms with van der Waals surface area (Å²) in [5, 5.41) is 82.4. The Hall–Kier alpha value is -2.54. The second-order valence-electron chi connectivity index (χ2n) is 17.2. The van der Waals surface area contributed by atoms with Gasteiger partial charge in [0.25, 0.3) is 0 Å². The lowest BCUT2D eigenvalue weighted by Crippen LogP contribution is -2.63. The van der Waals surface area contributed by atoms with Gasteiger partial charge in [0.1, 0.15) is 61.5 Å². The number of aliphatic hydroxyl groups is 7. The second-order valence-corrected chi connectivity index (χ2v) is 18.3. The van der Waals surface area contributed by atoms with Gasteiger partial charge >= 0.3 is 11.9 Å². The highest BCUT2D eigenvalue weighted by Gasteiger charge is 2.51. The molecule has 2 aliphatic rings. The maximum Gasteiger partial charge on any atom is 0.306 e. The zero-order chi connectivity index (χ0) is 47.6. The van der Waals surface area contributed by atoms with Gasteiger partial charge < -0.3 is 70.5 Å². The van der Waals surface area contributed by atoms with Crippen LogP contribution in [0, 0.1) is 0 Å². The molecule has 376 valence electrons. The van der Waals surface area contributed by atoms with E-state index < -0.39 is 92.6 Å². The van der Waals surface area contributed by atoms with Crippen LogP contribution in [0.5, 0.6) is 0 Å². The Kier molecular flexibility index (Phi) is 28.2. The first-order chi connectivity index (χ1) is 31.3. The van der Waals surface area contributed by atoms with Crippen molar-refractivity contribution in [3.05, 3.63) is 6.20 Å². The molecule has 1 aromatic rings. The SMILES string of the molecule is CCCCCCCCCCCC(=O)OC[C@H](CSC[C@@H](N)C(=O)Nc1cn([C@@H]2OC(CO)C(OC3OC(CO)C(O)C(O)C3O)C(O)C2O)nn1)OC(=O)CCCCCCCCCCC. The summed E-state index contributed by atoms with van der Waals surface area (Å²) in [6.07, 6.45) is 5.00. The number of unbranched alkanes of at least 4 members (excludes halogenated alkanes) is 16. The van der Waals surface area contributed by atoms with E-state index >= 15 is 0 Å². The number of esters is 2. The first kappa shape index (κ1) is 56.8. The molecule has 65 heavy (non-hydrogen) atoms. The van der Waals surface area contributed by atoms with Crippen molar-refractivity contribution in [3.8, 4) is 0 Å². The summed E-state index contributed by atoms with van der Waals surface area (Å²) in [6, 6.07) is -1.06. The van der Waals surface area contributed by atoms with Crippen LogP contribution in [0.2, 0.25) is 0 Å². The van der Waals surface area contributed by atoms with Gasteiger partial charge in [0.05, 0.1) is 25.5 Å². The molecule has 0 aliphatic carbocycles. The number of thioether (sulfide) groups is 1. The minimum Gasteiger partial charge on any atom is -0.462 e. The van der Waals surface area contributed by atoms with Crippen molar-refractivity contribution < 1.29 is 73.8 Å². The van der Waals surface area contributed by atoms with E-state index in [1.807, 2.05) is 0 Å². The molecule has 0 saturated carbocycles. The monoisotopic (exact) mass is 950 g/mol. The smallest absolute Gasteiger partial charge is 0.306 e. The van der Waals surface area contributed by atoms with Crippen LogP contribution in [0.15, 0.2) is 6.20 Å². The Labute approximate surface area is 387 Å². The van der Waals surface area contributed by atoms with E-state index in [1.54, 1.807) is 0 Å². The number of anilines is 1. The molecule has 10 N–H and O–H groups in total. The van der Waals surface area contributed by atoms with Crippen molar-refractivity contribution in [2.24, 2.45) is 5.73 Å². The van der Waals surface area contributed by atoms with Gasteiger partial charge in [-0.15, -0.1) is 5.10 Å². The first-order valence-electron chi connectivity index (χ1n) is 23.8. The van der Waals surface area contributed by atoms with Crippen LogP contribution in [0.3, 0.4) is 0 Å². The number of aliphatic hydroxyl groups excluding tert-OH is 7. The highest BCUT2D eigenvalue weighted by Crippen LogP contribution is 2.33. The molecule has 3 rings (SSSR count). The molecule has 2 aliphatic heterocycles. The molecular formula is C44H79N5O15S. The molecule has 3 heterocycles. The molecule has 21 heteroatoms. The number of hydrogen-bond donors (Lipinski definition) is 9. The number of ether oxygens (including phenoxy) is 5. The van der Waals surface area contributed by atoms with Gasteiger partial charge in [-0.05, 0) is 12.8 Å². The fourth-order valence-corrected chi connectivity index (χ4v) is 8.62. The quantitative estimate of drug-likeness (QED) is 0.0354. The molecule has 2 fully saturated rings. The van der Waals surface area contributed by atoms with Crippen LogP contribution < -0.4 is 11.1 Å². The summed E-state index contributed by atoms with van der Waals surface area (Å²) in [5.41, 5.74) is 6.20. The Morgan fingerprint density at radius 1 is 0.723 bits per heavy atom. The molecule has 12 atom stereocenters.